The van der Waals surface area contributed by atoms with Crippen LogP contribution >= 0.6 is 0 Å². The average Bonchev–Trinajstić information content (AvgIpc) is 3.39. The molecule has 1 N–H and O–H groups in total. The topological polar surface area (TPSA) is 106 Å². The van der Waals surface area contributed by atoms with Crippen molar-refractivity contribution in [3.05, 3.63) is 89.7 Å². The van der Waals surface area contributed by atoms with Crippen molar-refractivity contribution in [3.8, 4) is 0 Å². The van der Waals surface area contributed by atoms with Crippen molar-refractivity contribution < 1.29 is 23.5 Å². The Labute approximate surface area is 230 Å². The number of rotatable bonds is 8. The lowest BCUT2D eigenvalue weighted by atomic mass is 9.94. The lowest BCUT2D eigenvalue weighted by Crippen LogP contribution is -2.48. The largest absolute Gasteiger partial charge is 0.465 e. The Kier molecular flexibility index (Phi) is 8.14. The van der Waals surface area contributed by atoms with Gasteiger partial charge < -0.3 is 10.1 Å². The Balaban J connectivity index is 1.58. The van der Waals surface area contributed by atoms with Crippen molar-refractivity contribution >= 4 is 34.5 Å². The summed E-state index contributed by atoms with van der Waals surface area (Å²) in [5.41, 5.74) is 1.91. The summed E-state index contributed by atoms with van der Waals surface area (Å²) in [7, 11) is 1.28. The number of amides is 2. The van der Waals surface area contributed by atoms with Crippen LogP contribution in [0.1, 0.15) is 54.1 Å². The highest BCUT2D eigenvalue weighted by Gasteiger charge is 2.36. The van der Waals surface area contributed by atoms with Crippen LogP contribution in [0, 0.1) is 5.82 Å². The second kappa shape index (κ2) is 12.1. The van der Waals surface area contributed by atoms with Crippen molar-refractivity contribution in [3.63, 3.8) is 0 Å². The summed E-state index contributed by atoms with van der Waals surface area (Å²) >= 11 is 0. The molecule has 1 aliphatic carbocycles. The first-order chi connectivity index (χ1) is 19.5. The van der Waals surface area contributed by atoms with E-state index in [1.165, 1.54) is 47.0 Å². The predicted molar refractivity (Wildman–Crippen MR) is 147 cm³/mol. The molecular formula is C30H30FN5O4. The average molecular weight is 544 g/mol. The van der Waals surface area contributed by atoms with Crippen LogP contribution in [0.15, 0.2) is 72.8 Å². The van der Waals surface area contributed by atoms with E-state index in [0.717, 1.165) is 32.1 Å². The van der Waals surface area contributed by atoms with Crippen LogP contribution in [0.4, 0.5) is 10.1 Å². The van der Waals surface area contributed by atoms with Crippen LogP contribution in [0.5, 0.6) is 0 Å². The Bertz CT molecular complexity index is 1510. The van der Waals surface area contributed by atoms with Crippen LogP contribution in [0.2, 0.25) is 0 Å². The normalized spacial score (nSPS) is 14.4. The number of aromatic nitrogens is 3. The molecule has 9 nitrogen and oxygen atoms in total. The number of ether oxygens (including phenoxy) is 1. The van der Waals surface area contributed by atoms with Gasteiger partial charge in [0.1, 0.15) is 23.9 Å². The predicted octanol–water partition coefficient (Wildman–Crippen LogP) is 4.58. The molecule has 0 bridgehead atoms. The molecule has 40 heavy (non-hydrogen) atoms. The maximum atomic E-state index is 15.3. The number of anilines is 1. The first kappa shape index (κ1) is 27.0. The van der Waals surface area contributed by atoms with Gasteiger partial charge in [-0.15, -0.1) is 5.10 Å². The van der Waals surface area contributed by atoms with Crippen molar-refractivity contribution in [2.45, 2.75) is 50.7 Å². The highest BCUT2D eigenvalue weighted by Crippen LogP contribution is 2.31. The van der Waals surface area contributed by atoms with Crippen LogP contribution in [-0.2, 0) is 20.9 Å². The second-order valence-electron chi connectivity index (χ2n) is 9.81. The number of methoxy groups -OCH3 is 1. The molecule has 3 aromatic carbocycles. The van der Waals surface area contributed by atoms with Crippen molar-refractivity contribution in [1.82, 2.24) is 20.3 Å². The monoisotopic (exact) mass is 543 g/mol. The minimum atomic E-state index is -1.31. The minimum absolute atomic E-state index is 0.0599. The number of hydrogen-bond acceptors (Lipinski definition) is 6. The second-order valence-corrected chi connectivity index (χ2v) is 9.81. The number of benzene rings is 3. The van der Waals surface area contributed by atoms with E-state index >= 15 is 4.39 Å². The van der Waals surface area contributed by atoms with E-state index in [1.54, 1.807) is 30.3 Å². The maximum Gasteiger partial charge on any atom is 0.337 e. The van der Waals surface area contributed by atoms with E-state index in [9.17, 15) is 14.4 Å². The summed E-state index contributed by atoms with van der Waals surface area (Å²) in [5, 5.41) is 11.3. The van der Waals surface area contributed by atoms with Crippen LogP contribution in [0.25, 0.3) is 11.0 Å². The fraction of sp³-hybridized carbons (Fsp3) is 0.300. The molecule has 0 unspecified atom stereocenters. The molecule has 1 saturated carbocycles. The van der Waals surface area contributed by atoms with E-state index < -0.39 is 29.6 Å². The molecule has 0 spiro atoms. The molecule has 1 aliphatic rings. The molecule has 0 aliphatic heterocycles. The minimum Gasteiger partial charge on any atom is -0.465 e. The van der Waals surface area contributed by atoms with E-state index in [2.05, 4.69) is 15.6 Å². The van der Waals surface area contributed by atoms with E-state index in [-0.39, 0.29) is 23.7 Å². The fourth-order valence-electron chi connectivity index (χ4n) is 5.17. The summed E-state index contributed by atoms with van der Waals surface area (Å²) in [6.45, 7) is -0.249. The third kappa shape index (κ3) is 5.70. The van der Waals surface area contributed by atoms with Crippen LogP contribution < -0.4 is 10.2 Å². The number of halogens is 1. The van der Waals surface area contributed by atoms with Crippen molar-refractivity contribution in [2.75, 3.05) is 12.0 Å². The summed E-state index contributed by atoms with van der Waals surface area (Å²) in [4.78, 5) is 41.4. The van der Waals surface area contributed by atoms with Gasteiger partial charge >= 0.3 is 5.97 Å². The number of fused-ring (bicyclic) bond motifs is 1. The van der Waals surface area contributed by atoms with Crippen molar-refractivity contribution in [2.24, 2.45) is 0 Å². The highest BCUT2D eigenvalue weighted by molar-refractivity contribution is 6.02. The number of carbonyl (C=O) groups excluding carboxylic acids is 3. The zero-order valence-corrected chi connectivity index (χ0v) is 22.1. The summed E-state index contributed by atoms with van der Waals surface area (Å²) in [6.07, 6.45) is 4.73. The summed E-state index contributed by atoms with van der Waals surface area (Å²) in [5.74, 6) is -2.14. The van der Waals surface area contributed by atoms with Gasteiger partial charge in [-0.25, -0.2) is 13.9 Å². The molecule has 5 rings (SSSR count). The Morgan fingerprint density at radius 2 is 1.70 bits per heavy atom. The Morgan fingerprint density at radius 3 is 2.42 bits per heavy atom. The van der Waals surface area contributed by atoms with Gasteiger partial charge in [-0.2, -0.15) is 0 Å². The van der Waals surface area contributed by atoms with Crippen LogP contribution in [0.3, 0.4) is 0 Å². The molecule has 10 heteroatoms. The maximum absolute atomic E-state index is 15.3. The van der Waals surface area contributed by atoms with Crippen LogP contribution in [-0.4, -0.2) is 45.9 Å². The zero-order chi connectivity index (χ0) is 28.1. The lowest BCUT2D eigenvalue weighted by molar-refractivity contribution is -0.127. The number of nitrogens with one attached hydrogen (secondary N) is 1. The van der Waals surface area contributed by atoms with Gasteiger partial charge in [0.15, 0.2) is 0 Å². The number of para-hydroxylation sites is 1. The van der Waals surface area contributed by atoms with Gasteiger partial charge in [-0.3, -0.25) is 14.5 Å². The van der Waals surface area contributed by atoms with E-state index in [0.29, 0.717) is 16.7 Å². The van der Waals surface area contributed by atoms with E-state index in [1.807, 2.05) is 12.1 Å². The number of carbonyl (C=O) groups is 3. The van der Waals surface area contributed by atoms with Crippen molar-refractivity contribution in [1.29, 1.82) is 0 Å². The molecule has 1 atom stereocenters. The standard InChI is InChI=1S/C30H30FN5O4/c1-40-30(39)20-15-17-22(18-16-20)36(27(37)19-35-26-14-8-7-13-25(26)33-34-35)28(23-11-5-6-12-24(23)31)29(38)32-21-9-3-2-4-10-21/h5-8,11-18,21,28H,2-4,9-10,19H2,1H3,(H,32,38)/t28-/m0/s1. The molecule has 1 fully saturated rings. The van der Waals surface area contributed by atoms with Gasteiger partial charge in [-0.05, 0) is 55.3 Å². The number of nitrogens with zero attached hydrogens (tertiary/aromatic N) is 4. The zero-order valence-electron chi connectivity index (χ0n) is 22.1. The molecule has 4 aromatic rings. The van der Waals surface area contributed by atoms with Gasteiger partial charge in [-0.1, -0.05) is 54.8 Å². The van der Waals surface area contributed by atoms with E-state index in [4.69, 9.17) is 4.74 Å². The molecule has 1 aromatic heterocycles. The molecular weight excluding hydrogens is 513 g/mol. The summed E-state index contributed by atoms with van der Waals surface area (Å²) < 4.78 is 21.6. The fourth-order valence-corrected chi connectivity index (χ4v) is 5.17. The molecule has 0 radical (unpaired) electrons. The Hall–Kier alpha value is -4.60. The molecule has 0 saturated heterocycles. The number of esters is 1. The highest BCUT2D eigenvalue weighted by atomic mass is 19.1. The van der Waals surface area contributed by atoms with Gasteiger partial charge in [0, 0.05) is 17.3 Å². The SMILES string of the molecule is COC(=O)c1ccc(N(C(=O)Cn2nnc3ccccc32)[C@H](C(=O)NC2CCCCC2)c2ccccc2F)cc1. The lowest BCUT2D eigenvalue weighted by Gasteiger charge is -2.33. The number of hydrogen-bond donors (Lipinski definition) is 1. The quantitative estimate of drug-likeness (QED) is 0.326. The third-order valence-electron chi connectivity index (χ3n) is 7.20. The van der Waals surface area contributed by atoms with Gasteiger partial charge in [0.2, 0.25) is 11.8 Å². The molecule has 206 valence electrons. The smallest absolute Gasteiger partial charge is 0.337 e. The molecule has 2 amide bonds. The van der Waals surface area contributed by atoms with Gasteiger partial charge in [0.25, 0.3) is 0 Å². The third-order valence-corrected chi connectivity index (χ3v) is 7.20. The first-order valence-electron chi connectivity index (χ1n) is 13.3. The Morgan fingerprint density at radius 1 is 1.00 bits per heavy atom. The first-order valence-corrected chi connectivity index (χ1v) is 13.3. The summed E-state index contributed by atoms with van der Waals surface area (Å²) in [6, 6.07) is 17.9. The molecule has 1 heterocycles. The van der Waals surface area contributed by atoms with Gasteiger partial charge in [0.05, 0.1) is 18.2 Å².